The number of hydrogen-bond donors (Lipinski definition) is 2. The second-order valence-electron chi connectivity index (χ2n) is 4.13. The van der Waals surface area contributed by atoms with Crippen LogP contribution in [-0.4, -0.2) is 31.2 Å². The summed E-state index contributed by atoms with van der Waals surface area (Å²) in [4.78, 5) is 8.15. The SMILES string of the molecule is COc1ccccc1NC(N)=NCCOc1cccnc1.I. The summed E-state index contributed by atoms with van der Waals surface area (Å²) >= 11 is 0. The van der Waals surface area contributed by atoms with Gasteiger partial charge in [-0.05, 0) is 24.3 Å². The molecular weight excluding hydrogens is 395 g/mol. The van der Waals surface area contributed by atoms with Crippen molar-refractivity contribution in [1.29, 1.82) is 0 Å². The molecule has 2 aromatic rings. The lowest BCUT2D eigenvalue weighted by Crippen LogP contribution is -2.23. The minimum Gasteiger partial charge on any atom is -0.495 e. The number of benzene rings is 1. The molecule has 0 aliphatic heterocycles. The Hall–Kier alpha value is -2.03. The predicted molar refractivity (Wildman–Crippen MR) is 98.3 cm³/mol. The third-order valence-electron chi connectivity index (χ3n) is 2.65. The first-order valence-corrected chi connectivity index (χ1v) is 6.52. The molecule has 0 saturated carbocycles. The lowest BCUT2D eigenvalue weighted by Gasteiger charge is -2.10. The van der Waals surface area contributed by atoms with Crippen LogP contribution in [0.2, 0.25) is 0 Å². The van der Waals surface area contributed by atoms with Gasteiger partial charge in [-0.15, -0.1) is 24.0 Å². The molecule has 0 aliphatic carbocycles. The van der Waals surface area contributed by atoms with E-state index in [-0.39, 0.29) is 24.0 Å². The molecule has 118 valence electrons. The van der Waals surface area contributed by atoms with Crippen LogP contribution in [0.25, 0.3) is 0 Å². The van der Waals surface area contributed by atoms with E-state index < -0.39 is 0 Å². The molecule has 0 radical (unpaired) electrons. The summed E-state index contributed by atoms with van der Waals surface area (Å²) in [5.41, 5.74) is 6.60. The first-order chi connectivity index (χ1) is 10.3. The molecule has 0 aliphatic rings. The molecule has 0 amide bonds. The molecule has 0 saturated heterocycles. The fourth-order valence-electron chi connectivity index (χ4n) is 1.69. The van der Waals surface area contributed by atoms with Gasteiger partial charge < -0.3 is 20.5 Å². The number of methoxy groups -OCH3 is 1. The van der Waals surface area contributed by atoms with Crippen LogP contribution >= 0.6 is 24.0 Å². The van der Waals surface area contributed by atoms with Gasteiger partial charge in [0.05, 0.1) is 25.5 Å². The highest BCUT2D eigenvalue weighted by atomic mass is 127. The van der Waals surface area contributed by atoms with Crippen LogP contribution in [0.5, 0.6) is 11.5 Å². The monoisotopic (exact) mass is 414 g/mol. The molecule has 0 unspecified atom stereocenters. The van der Waals surface area contributed by atoms with Crippen LogP contribution < -0.4 is 20.5 Å². The average molecular weight is 414 g/mol. The number of aliphatic imine (C=N–C) groups is 1. The molecule has 0 atom stereocenters. The maximum atomic E-state index is 5.82. The van der Waals surface area contributed by atoms with Crippen LogP contribution in [0.3, 0.4) is 0 Å². The molecule has 3 N–H and O–H groups in total. The van der Waals surface area contributed by atoms with Crippen LogP contribution in [-0.2, 0) is 0 Å². The molecule has 22 heavy (non-hydrogen) atoms. The zero-order valence-electron chi connectivity index (χ0n) is 12.2. The molecule has 1 aromatic heterocycles. The van der Waals surface area contributed by atoms with Crippen LogP contribution in [0.1, 0.15) is 0 Å². The van der Waals surface area contributed by atoms with Crippen molar-refractivity contribution in [1.82, 2.24) is 4.98 Å². The lowest BCUT2D eigenvalue weighted by atomic mass is 10.3. The van der Waals surface area contributed by atoms with Crippen molar-refractivity contribution in [2.24, 2.45) is 10.7 Å². The predicted octanol–water partition coefficient (Wildman–Crippen LogP) is 2.51. The lowest BCUT2D eigenvalue weighted by molar-refractivity contribution is 0.327. The zero-order chi connectivity index (χ0) is 14.9. The van der Waals surface area contributed by atoms with Gasteiger partial charge in [-0.2, -0.15) is 0 Å². The minimum atomic E-state index is 0. The number of halogens is 1. The fraction of sp³-hybridized carbons (Fsp3) is 0.200. The molecule has 0 fully saturated rings. The highest BCUT2D eigenvalue weighted by Gasteiger charge is 2.01. The molecular formula is C15H19IN4O2. The van der Waals surface area contributed by atoms with Gasteiger partial charge in [0.2, 0.25) is 0 Å². The van der Waals surface area contributed by atoms with Gasteiger partial charge in [-0.25, -0.2) is 4.99 Å². The number of guanidine groups is 1. The van der Waals surface area contributed by atoms with E-state index in [9.17, 15) is 0 Å². The Labute approximate surface area is 146 Å². The number of nitrogens with one attached hydrogen (secondary N) is 1. The normalized spacial score (nSPS) is 10.5. The smallest absolute Gasteiger partial charge is 0.193 e. The summed E-state index contributed by atoms with van der Waals surface area (Å²) in [6, 6.07) is 11.2. The standard InChI is InChI=1S/C15H18N4O2.HI/c1-20-14-7-3-2-6-13(14)19-15(16)18-9-10-21-12-5-4-8-17-11-12;/h2-8,11H,9-10H2,1H3,(H3,16,18,19);1H. The first-order valence-electron chi connectivity index (χ1n) is 6.52. The summed E-state index contributed by atoms with van der Waals surface area (Å²) in [7, 11) is 1.61. The maximum Gasteiger partial charge on any atom is 0.193 e. The van der Waals surface area contributed by atoms with E-state index in [2.05, 4.69) is 15.3 Å². The molecule has 0 spiro atoms. The number of rotatable bonds is 6. The topological polar surface area (TPSA) is 81.8 Å². The second-order valence-corrected chi connectivity index (χ2v) is 4.13. The Balaban J connectivity index is 0.00000242. The van der Waals surface area contributed by atoms with Gasteiger partial charge in [0.25, 0.3) is 0 Å². The third kappa shape index (κ3) is 5.76. The van der Waals surface area contributed by atoms with Gasteiger partial charge in [-0.1, -0.05) is 12.1 Å². The summed E-state index contributed by atoms with van der Waals surface area (Å²) < 4.78 is 10.7. The number of nitrogens with two attached hydrogens (primary N) is 1. The first kappa shape index (κ1) is 18.0. The molecule has 1 heterocycles. The van der Waals surface area contributed by atoms with Gasteiger partial charge >= 0.3 is 0 Å². The zero-order valence-corrected chi connectivity index (χ0v) is 14.6. The summed E-state index contributed by atoms with van der Waals surface area (Å²) in [6.45, 7) is 0.878. The van der Waals surface area contributed by atoms with Crippen molar-refractivity contribution in [3.8, 4) is 11.5 Å². The van der Waals surface area contributed by atoms with E-state index in [1.165, 1.54) is 0 Å². The molecule has 2 rings (SSSR count). The van der Waals surface area contributed by atoms with E-state index in [0.717, 1.165) is 5.69 Å². The third-order valence-corrected chi connectivity index (χ3v) is 2.65. The summed E-state index contributed by atoms with van der Waals surface area (Å²) in [5.74, 6) is 1.74. The van der Waals surface area contributed by atoms with E-state index >= 15 is 0 Å². The summed E-state index contributed by atoms with van der Waals surface area (Å²) in [6.07, 6.45) is 3.35. The largest absolute Gasteiger partial charge is 0.495 e. The van der Waals surface area contributed by atoms with Crippen molar-refractivity contribution in [3.63, 3.8) is 0 Å². The summed E-state index contributed by atoms with van der Waals surface area (Å²) in [5, 5.41) is 2.99. The highest BCUT2D eigenvalue weighted by molar-refractivity contribution is 14.0. The number of ether oxygens (including phenoxy) is 2. The van der Waals surface area contributed by atoms with E-state index in [4.69, 9.17) is 15.2 Å². The van der Waals surface area contributed by atoms with Crippen molar-refractivity contribution in [2.45, 2.75) is 0 Å². The fourth-order valence-corrected chi connectivity index (χ4v) is 1.69. The average Bonchev–Trinajstić information content (AvgIpc) is 2.53. The number of aromatic nitrogens is 1. The van der Waals surface area contributed by atoms with Gasteiger partial charge in [0.15, 0.2) is 5.96 Å². The van der Waals surface area contributed by atoms with E-state index in [0.29, 0.717) is 30.6 Å². The number of para-hydroxylation sites is 2. The number of anilines is 1. The number of pyridine rings is 1. The van der Waals surface area contributed by atoms with Gasteiger partial charge in [0, 0.05) is 6.20 Å². The van der Waals surface area contributed by atoms with Crippen LogP contribution in [0.4, 0.5) is 5.69 Å². The van der Waals surface area contributed by atoms with E-state index in [1.54, 1.807) is 19.5 Å². The van der Waals surface area contributed by atoms with Crippen LogP contribution in [0.15, 0.2) is 53.8 Å². The second kappa shape index (κ2) is 9.82. The Morgan fingerprint density at radius 1 is 1.27 bits per heavy atom. The molecule has 7 heteroatoms. The Morgan fingerprint density at radius 2 is 2.09 bits per heavy atom. The van der Waals surface area contributed by atoms with Crippen molar-refractivity contribution < 1.29 is 9.47 Å². The van der Waals surface area contributed by atoms with Crippen molar-refractivity contribution in [3.05, 3.63) is 48.8 Å². The Kier molecular flexibility index (Phi) is 8.05. The number of nitrogens with zero attached hydrogens (tertiary/aromatic N) is 2. The molecule has 1 aromatic carbocycles. The molecule has 0 bridgehead atoms. The van der Waals surface area contributed by atoms with Crippen molar-refractivity contribution in [2.75, 3.05) is 25.6 Å². The molecule has 6 nitrogen and oxygen atoms in total. The van der Waals surface area contributed by atoms with Crippen molar-refractivity contribution >= 4 is 35.6 Å². The Morgan fingerprint density at radius 3 is 2.82 bits per heavy atom. The highest BCUT2D eigenvalue weighted by Crippen LogP contribution is 2.22. The van der Waals surface area contributed by atoms with Gasteiger partial charge in [0.1, 0.15) is 18.1 Å². The Bertz CT molecular complexity index is 593. The number of hydrogen-bond acceptors (Lipinski definition) is 4. The minimum absolute atomic E-state index is 0. The quantitative estimate of drug-likeness (QED) is 0.329. The van der Waals surface area contributed by atoms with Gasteiger partial charge in [-0.3, -0.25) is 4.98 Å². The van der Waals surface area contributed by atoms with E-state index in [1.807, 2.05) is 36.4 Å². The maximum absolute atomic E-state index is 5.82. The van der Waals surface area contributed by atoms with Crippen LogP contribution in [0, 0.1) is 0 Å².